The predicted molar refractivity (Wildman–Crippen MR) is 81.4 cm³/mol. The predicted octanol–water partition coefficient (Wildman–Crippen LogP) is 4.05. The highest BCUT2D eigenvalue weighted by molar-refractivity contribution is 6.41. The Labute approximate surface area is 129 Å². The first-order chi connectivity index (χ1) is 9.17. The lowest BCUT2D eigenvalue weighted by atomic mass is 10.2. The molecule has 0 spiro atoms. The summed E-state index contributed by atoms with van der Waals surface area (Å²) in [5.41, 5.74) is -0.506. The third-order valence-electron chi connectivity index (χ3n) is 1.88. The van der Waals surface area contributed by atoms with Crippen LogP contribution in [0.5, 0.6) is 0 Å². The minimum atomic E-state index is -0.506. The number of amides is 1. The highest BCUT2D eigenvalue weighted by Gasteiger charge is 2.18. The van der Waals surface area contributed by atoms with Crippen LogP contribution in [0.2, 0.25) is 10.0 Å². The van der Waals surface area contributed by atoms with Gasteiger partial charge < -0.3 is 14.4 Å². The van der Waals surface area contributed by atoms with Crippen LogP contribution in [0.15, 0.2) is 24.3 Å². The minimum absolute atomic E-state index is 0.0644. The first-order valence-corrected chi connectivity index (χ1v) is 6.70. The summed E-state index contributed by atoms with van der Waals surface area (Å²) >= 11 is 11.2. The molecule has 112 valence electrons. The molecular weight excluding hydrogens is 301 g/mol. The number of likely N-dealkylation sites (N-methyl/N-ethyl adjacent to an activating group) is 1. The fourth-order valence-electron chi connectivity index (χ4n) is 0.965. The highest BCUT2D eigenvalue weighted by atomic mass is 35.5. The standard InChI is InChI=1S/C8H15NO3.C6H4Cl2/c1-8(2,3)12-7(11)9(4)5-6-10;7-5-3-1-2-4-6(5)8/h6H,5H2,1-4H3;1-4H. The van der Waals surface area contributed by atoms with Crippen LogP contribution < -0.4 is 0 Å². The molecule has 0 aliphatic rings. The number of hydrogen-bond acceptors (Lipinski definition) is 3. The molecule has 1 aromatic carbocycles. The summed E-state index contributed by atoms with van der Waals surface area (Å²) in [4.78, 5) is 22.3. The number of carbonyl (C=O) groups excluding carboxylic acids is 2. The van der Waals surface area contributed by atoms with Gasteiger partial charge >= 0.3 is 6.09 Å². The fraction of sp³-hybridized carbons (Fsp3) is 0.429. The van der Waals surface area contributed by atoms with Crippen molar-refractivity contribution >= 4 is 35.6 Å². The zero-order valence-corrected chi connectivity index (χ0v) is 13.5. The molecule has 0 N–H and O–H groups in total. The summed E-state index contributed by atoms with van der Waals surface area (Å²) in [5, 5.41) is 1.21. The number of halogens is 2. The van der Waals surface area contributed by atoms with Crippen LogP contribution in [0.4, 0.5) is 4.79 Å². The van der Waals surface area contributed by atoms with Crippen molar-refractivity contribution in [1.29, 1.82) is 0 Å². The lowest BCUT2D eigenvalue weighted by Crippen LogP contribution is -2.35. The monoisotopic (exact) mass is 319 g/mol. The molecule has 0 fully saturated rings. The van der Waals surface area contributed by atoms with E-state index in [-0.39, 0.29) is 6.54 Å². The molecule has 0 saturated carbocycles. The van der Waals surface area contributed by atoms with Crippen LogP contribution in [0.25, 0.3) is 0 Å². The number of hydrogen-bond donors (Lipinski definition) is 0. The maximum atomic E-state index is 11.1. The topological polar surface area (TPSA) is 46.6 Å². The van der Waals surface area contributed by atoms with Crippen molar-refractivity contribution < 1.29 is 14.3 Å². The van der Waals surface area contributed by atoms with E-state index in [0.29, 0.717) is 16.3 Å². The largest absolute Gasteiger partial charge is 0.444 e. The molecule has 4 nitrogen and oxygen atoms in total. The zero-order valence-electron chi connectivity index (χ0n) is 12.0. The van der Waals surface area contributed by atoms with Gasteiger partial charge in [0, 0.05) is 7.05 Å². The van der Waals surface area contributed by atoms with Gasteiger partial charge in [0.15, 0.2) is 0 Å². The molecule has 0 saturated heterocycles. The Morgan fingerprint density at radius 3 is 2.00 bits per heavy atom. The van der Waals surface area contributed by atoms with Crippen molar-refractivity contribution in [2.45, 2.75) is 26.4 Å². The molecule has 0 aromatic heterocycles. The van der Waals surface area contributed by atoms with E-state index in [1.54, 1.807) is 32.9 Å². The average Bonchev–Trinajstić information content (AvgIpc) is 2.32. The Kier molecular flexibility index (Phi) is 8.26. The summed E-state index contributed by atoms with van der Waals surface area (Å²) in [6.45, 7) is 5.40. The molecule has 0 bridgehead atoms. The molecule has 1 aromatic rings. The maximum absolute atomic E-state index is 11.1. The van der Waals surface area contributed by atoms with E-state index in [0.717, 1.165) is 0 Å². The molecule has 0 atom stereocenters. The number of carbonyl (C=O) groups is 2. The molecule has 0 heterocycles. The van der Waals surface area contributed by atoms with Crippen LogP contribution in [0.1, 0.15) is 20.8 Å². The van der Waals surface area contributed by atoms with Crippen LogP contribution in [-0.2, 0) is 9.53 Å². The van der Waals surface area contributed by atoms with E-state index < -0.39 is 11.7 Å². The first-order valence-electron chi connectivity index (χ1n) is 5.95. The van der Waals surface area contributed by atoms with Crippen molar-refractivity contribution in [3.63, 3.8) is 0 Å². The second-order valence-electron chi connectivity index (χ2n) is 4.94. The van der Waals surface area contributed by atoms with Gasteiger partial charge in [-0.25, -0.2) is 4.79 Å². The maximum Gasteiger partial charge on any atom is 0.410 e. The normalized spacial score (nSPS) is 10.1. The summed E-state index contributed by atoms with van der Waals surface area (Å²) in [6.07, 6.45) is 0.179. The van der Waals surface area contributed by atoms with Gasteiger partial charge in [0.2, 0.25) is 0 Å². The second kappa shape index (κ2) is 8.82. The van der Waals surface area contributed by atoms with E-state index >= 15 is 0 Å². The van der Waals surface area contributed by atoms with Crippen molar-refractivity contribution in [3.8, 4) is 0 Å². The SMILES string of the molecule is CN(CC=O)C(=O)OC(C)(C)C.Clc1ccccc1Cl. The van der Waals surface area contributed by atoms with Crippen molar-refractivity contribution in [1.82, 2.24) is 4.90 Å². The summed E-state index contributed by atoms with van der Waals surface area (Å²) in [6, 6.07) is 7.19. The third-order valence-corrected chi connectivity index (χ3v) is 2.63. The fourth-order valence-corrected chi connectivity index (χ4v) is 1.24. The molecule has 20 heavy (non-hydrogen) atoms. The van der Waals surface area contributed by atoms with Crippen LogP contribution in [0.3, 0.4) is 0 Å². The second-order valence-corrected chi connectivity index (χ2v) is 5.76. The number of rotatable bonds is 2. The van der Waals surface area contributed by atoms with Gasteiger partial charge in [0.1, 0.15) is 11.9 Å². The van der Waals surface area contributed by atoms with Crippen LogP contribution >= 0.6 is 23.2 Å². The van der Waals surface area contributed by atoms with Gasteiger partial charge in [-0.05, 0) is 32.9 Å². The quantitative estimate of drug-likeness (QED) is 0.773. The Morgan fingerprint density at radius 2 is 1.70 bits per heavy atom. The van der Waals surface area contributed by atoms with Crippen LogP contribution in [-0.4, -0.2) is 36.5 Å². The molecule has 6 heteroatoms. The molecular formula is C14H19Cl2NO3. The third kappa shape index (κ3) is 8.77. The Balaban J connectivity index is 0.000000388. The lowest BCUT2D eigenvalue weighted by molar-refractivity contribution is -0.108. The first kappa shape index (κ1) is 18.7. The van der Waals surface area contributed by atoms with Gasteiger partial charge in [0.25, 0.3) is 0 Å². The van der Waals surface area contributed by atoms with Gasteiger partial charge in [-0.2, -0.15) is 0 Å². The van der Waals surface area contributed by atoms with Crippen molar-refractivity contribution in [2.24, 2.45) is 0 Å². The van der Waals surface area contributed by atoms with Gasteiger partial charge in [-0.1, -0.05) is 35.3 Å². The van der Waals surface area contributed by atoms with Crippen molar-refractivity contribution in [2.75, 3.05) is 13.6 Å². The molecule has 0 aliphatic carbocycles. The van der Waals surface area contributed by atoms with E-state index in [2.05, 4.69) is 0 Å². The lowest BCUT2D eigenvalue weighted by Gasteiger charge is -2.23. The number of nitrogens with zero attached hydrogens (tertiary/aromatic N) is 1. The van der Waals surface area contributed by atoms with E-state index in [9.17, 15) is 9.59 Å². The number of benzene rings is 1. The number of aldehydes is 1. The van der Waals surface area contributed by atoms with Crippen molar-refractivity contribution in [3.05, 3.63) is 34.3 Å². The summed E-state index contributed by atoms with van der Waals surface area (Å²) in [7, 11) is 1.52. The van der Waals surface area contributed by atoms with E-state index in [1.807, 2.05) is 12.1 Å². The highest BCUT2D eigenvalue weighted by Crippen LogP contribution is 2.19. The summed E-state index contributed by atoms with van der Waals surface area (Å²) < 4.78 is 4.98. The Hall–Kier alpha value is -1.26. The molecule has 1 amide bonds. The minimum Gasteiger partial charge on any atom is -0.444 e. The Morgan fingerprint density at radius 1 is 1.25 bits per heavy atom. The zero-order chi connectivity index (χ0) is 15.8. The number of ether oxygens (including phenoxy) is 1. The van der Waals surface area contributed by atoms with E-state index in [4.69, 9.17) is 27.9 Å². The average molecular weight is 320 g/mol. The van der Waals surface area contributed by atoms with Crippen LogP contribution in [0, 0.1) is 0 Å². The molecule has 1 rings (SSSR count). The molecule has 0 aliphatic heterocycles. The van der Waals surface area contributed by atoms with Gasteiger partial charge in [-0.15, -0.1) is 0 Å². The molecule has 0 unspecified atom stereocenters. The van der Waals surface area contributed by atoms with Gasteiger partial charge in [-0.3, -0.25) is 0 Å². The van der Waals surface area contributed by atoms with Gasteiger partial charge in [0.05, 0.1) is 16.6 Å². The summed E-state index contributed by atoms with van der Waals surface area (Å²) in [5.74, 6) is 0. The van der Waals surface area contributed by atoms with E-state index in [1.165, 1.54) is 11.9 Å². The smallest absolute Gasteiger partial charge is 0.410 e. The molecule has 0 radical (unpaired) electrons. The Bertz CT molecular complexity index is 423.